The quantitative estimate of drug-likeness (QED) is 0.889. The van der Waals surface area contributed by atoms with Gasteiger partial charge in [0.2, 0.25) is 0 Å². The third-order valence-corrected chi connectivity index (χ3v) is 3.31. The number of hydrogen-bond donors (Lipinski definition) is 1. The van der Waals surface area contributed by atoms with E-state index >= 15 is 0 Å². The summed E-state index contributed by atoms with van der Waals surface area (Å²) < 4.78 is 11.5. The van der Waals surface area contributed by atoms with Gasteiger partial charge in [-0.25, -0.2) is 0 Å². The molecule has 1 atom stereocenters. The summed E-state index contributed by atoms with van der Waals surface area (Å²) in [6.07, 6.45) is 0.167. The van der Waals surface area contributed by atoms with Crippen LogP contribution in [0.3, 0.4) is 0 Å². The molecule has 1 aromatic rings. The van der Waals surface area contributed by atoms with E-state index in [1.165, 1.54) is 11.1 Å². The molecular formula is C15H23NO2. The first kappa shape index (κ1) is 13.4. The highest BCUT2D eigenvalue weighted by molar-refractivity contribution is 5.37. The average Bonchev–Trinajstić information content (AvgIpc) is 2.38. The number of morpholine rings is 1. The molecule has 2 rings (SSSR count). The Bertz CT molecular complexity index is 384. The lowest BCUT2D eigenvalue weighted by Crippen LogP contribution is -2.41. The summed E-state index contributed by atoms with van der Waals surface area (Å²) in [6, 6.07) is 6.45. The van der Waals surface area contributed by atoms with Crippen molar-refractivity contribution in [3.63, 3.8) is 0 Å². The Morgan fingerprint density at radius 2 is 2.28 bits per heavy atom. The number of hydrogen-bond acceptors (Lipinski definition) is 3. The summed E-state index contributed by atoms with van der Waals surface area (Å²) in [5, 5.41) is 3.31. The van der Waals surface area contributed by atoms with Crippen molar-refractivity contribution >= 4 is 0 Å². The number of aryl methyl sites for hydroxylation is 1. The Labute approximate surface area is 109 Å². The van der Waals surface area contributed by atoms with Crippen molar-refractivity contribution in [2.24, 2.45) is 0 Å². The van der Waals surface area contributed by atoms with E-state index in [-0.39, 0.29) is 6.10 Å². The van der Waals surface area contributed by atoms with Crippen molar-refractivity contribution in [3.05, 3.63) is 29.3 Å². The van der Waals surface area contributed by atoms with Crippen LogP contribution in [0.1, 0.15) is 30.9 Å². The second kappa shape index (κ2) is 6.21. The Balaban J connectivity index is 1.97. The smallest absolute Gasteiger partial charge is 0.122 e. The number of benzene rings is 1. The van der Waals surface area contributed by atoms with E-state index in [9.17, 15) is 0 Å². The first-order chi connectivity index (χ1) is 8.66. The van der Waals surface area contributed by atoms with Crippen LogP contribution in [0, 0.1) is 6.92 Å². The molecule has 1 aliphatic heterocycles. The highest BCUT2D eigenvalue weighted by atomic mass is 16.5. The minimum absolute atomic E-state index is 0.167. The monoisotopic (exact) mass is 249 g/mol. The second-order valence-electron chi connectivity index (χ2n) is 5.19. The van der Waals surface area contributed by atoms with Crippen LogP contribution >= 0.6 is 0 Å². The minimum Gasteiger partial charge on any atom is -0.491 e. The van der Waals surface area contributed by atoms with Gasteiger partial charge in [-0.3, -0.25) is 0 Å². The van der Waals surface area contributed by atoms with E-state index in [1.807, 2.05) is 0 Å². The van der Waals surface area contributed by atoms with Crippen molar-refractivity contribution in [3.8, 4) is 5.75 Å². The predicted octanol–water partition coefficient (Wildman–Crippen LogP) is 2.49. The van der Waals surface area contributed by atoms with Gasteiger partial charge < -0.3 is 14.8 Å². The molecule has 0 radical (unpaired) electrons. The number of ether oxygens (including phenoxy) is 2. The zero-order valence-electron chi connectivity index (χ0n) is 11.5. The van der Waals surface area contributed by atoms with Crippen LogP contribution < -0.4 is 10.1 Å². The van der Waals surface area contributed by atoms with E-state index < -0.39 is 0 Å². The zero-order chi connectivity index (χ0) is 13.0. The molecule has 1 N–H and O–H groups in total. The van der Waals surface area contributed by atoms with E-state index in [4.69, 9.17) is 9.47 Å². The van der Waals surface area contributed by atoms with Crippen LogP contribution in [0.15, 0.2) is 18.2 Å². The molecule has 0 saturated carbocycles. The maximum Gasteiger partial charge on any atom is 0.122 e. The average molecular weight is 249 g/mol. The fourth-order valence-corrected chi connectivity index (χ4v) is 2.04. The molecule has 0 aromatic heterocycles. The molecule has 1 heterocycles. The van der Waals surface area contributed by atoms with Gasteiger partial charge >= 0.3 is 0 Å². The molecule has 100 valence electrons. The fourth-order valence-electron chi connectivity index (χ4n) is 2.04. The van der Waals surface area contributed by atoms with Crippen LogP contribution in [0.4, 0.5) is 0 Å². The third-order valence-electron chi connectivity index (χ3n) is 3.31. The van der Waals surface area contributed by atoms with Gasteiger partial charge in [-0.05, 0) is 30.0 Å². The summed E-state index contributed by atoms with van der Waals surface area (Å²) in [6.45, 7) is 9.69. The molecule has 3 heteroatoms. The largest absolute Gasteiger partial charge is 0.491 e. The molecule has 3 nitrogen and oxygen atoms in total. The van der Waals surface area contributed by atoms with Crippen molar-refractivity contribution in [2.75, 3.05) is 26.3 Å². The van der Waals surface area contributed by atoms with Crippen molar-refractivity contribution in [2.45, 2.75) is 32.8 Å². The van der Waals surface area contributed by atoms with Crippen LogP contribution in [0.5, 0.6) is 5.75 Å². The molecule has 0 spiro atoms. The Kier molecular flexibility index (Phi) is 4.61. The minimum atomic E-state index is 0.167. The molecule has 0 aliphatic carbocycles. The number of nitrogens with one attached hydrogen (secondary N) is 1. The molecule has 1 unspecified atom stereocenters. The first-order valence-corrected chi connectivity index (χ1v) is 6.72. The maximum atomic E-state index is 5.90. The highest BCUT2D eigenvalue weighted by Crippen LogP contribution is 2.24. The molecule has 1 aromatic carbocycles. The van der Waals surface area contributed by atoms with Gasteiger partial charge in [0, 0.05) is 13.1 Å². The van der Waals surface area contributed by atoms with Crippen LogP contribution in [0.25, 0.3) is 0 Å². The van der Waals surface area contributed by atoms with Gasteiger partial charge in [-0.2, -0.15) is 0 Å². The lowest BCUT2D eigenvalue weighted by atomic mass is 10.0. The second-order valence-corrected chi connectivity index (χ2v) is 5.19. The van der Waals surface area contributed by atoms with Gasteiger partial charge in [0.25, 0.3) is 0 Å². The molecule has 1 fully saturated rings. The number of rotatable bonds is 4. The molecule has 1 aliphatic rings. The molecule has 0 amide bonds. The van der Waals surface area contributed by atoms with E-state index in [0.29, 0.717) is 12.5 Å². The Morgan fingerprint density at radius 3 is 2.94 bits per heavy atom. The molecule has 0 bridgehead atoms. The van der Waals surface area contributed by atoms with Gasteiger partial charge in [-0.15, -0.1) is 0 Å². The van der Waals surface area contributed by atoms with E-state index in [2.05, 4.69) is 44.3 Å². The maximum absolute atomic E-state index is 5.90. The van der Waals surface area contributed by atoms with Crippen LogP contribution in [-0.2, 0) is 4.74 Å². The van der Waals surface area contributed by atoms with Gasteiger partial charge in [0.05, 0.1) is 6.61 Å². The molecule has 1 saturated heterocycles. The fraction of sp³-hybridized carbons (Fsp3) is 0.600. The normalized spacial score (nSPS) is 20.1. The van der Waals surface area contributed by atoms with E-state index in [1.54, 1.807) is 0 Å². The van der Waals surface area contributed by atoms with Crippen molar-refractivity contribution in [1.29, 1.82) is 0 Å². The lowest BCUT2D eigenvalue weighted by Gasteiger charge is -2.24. The topological polar surface area (TPSA) is 30.5 Å². The van der Waals surface area contributed by atoms with Gasteiger partial charge in [-0.1, -0.05) is 26.0 Å². The lowest BCUT2D eigenvalue weighted by molar-refractivity contribution is 0.0000497. The SMILES string of the molecule is Cc1ccc(C(C)C)cc1OCC1CNCCO1. The standard InChI is InChI=1S/C15H23NO2/c1-11(2)13-5-4-12(3)15(8-13)18-10-14-9-16-6-7-17-14/h4-5,8,11,14,16H,6-7,9-10H2,1-3H3. The highest BCUT2D eigenvalue weighted by Gasteiger charge is 2.14. The third kappa shape index (κ3) is 3.47. The Hall–Kier alpha value is -1.06. The van der Waals surface area contributed by atoms with Crippen molar-refractivity contribution < 1.29 is 9.47 Å². The van der Waals surface area contributed by atoms with E-state index in [0.717, 1.165) is 25.4 Å². The zero-order valence-corrected chi connectivity index (χ0v) is 11.5. The van der Waals surface area contributed by atoms with Crippen molar-refractivity contribution in [1.82, 2.24) is 5.32 Å². The first-order valence-electron chi connectivity index (χ1n) is 6.72. The van der Waals surface area contributed by atoms with Crippen LogP contribution in [-0.4, -0.2) is 32.4 Å². The summed E-state index contributed by atoms with van der Waals surface area (Å²) >= 11 is 0. The summed E-state index contributed by atoms with van der Waals surface area (Å²) in [5.74, 6) is 1.51. The summed E-state index contributed by atoms with van der Waals surface area (Å²) in [4.78, 5) is 0. The predicted molar refractivity (Wildman–Crippen MR) is 73.4 cm³/mol. The summed E-state index contributed by atoms with van der Waals surface area (Å²) in [7, 11) is 0. The van der Waals surface area contributed by atoms with Gasteiger partial charge in [0.1, 0.15) is 18.5 Å². The summed E-state index contributed by atoms with van der Waals surface area (Å²) in [5.41, 5.74) is 2.50. The Morgan fingerprint density at radius 1 is 1.44 bits per heavy atom. The molecular weight excluding hydrogens is 226 g/mol. The molecule has 18 heavy (non-hydrogen) atoms. The van der Waals surface area contributed by atoms with Crippen LogP contribution in [0.2, 0.25) is 0 Å². The van der Waals surface area contributed by atoms with Gasteiger partial charge in [0.15, 0.2) is 0 Å².